The van der Waals surface area contributed by atoms with E-state index in [2.05, 4.69) is 36.1 Å². The van der Waals surface area contributed by atoms with Crippen molar-refractivity contribution in [2.45, 2.75) is 59.5 Å². The lowest BCUT2D eigenvalue weighted by molar-refractivity contribution is 0.0585. The quantitative estimate of drug-likeness (QED) is 0.796. The van der Waals surface area contributed by atoms with Gasteiger partial charge in [0.05, 0.1) is 5.60 Å². The average molecular weight is 265 g/mol. The van der Waals surface area contributed by atoms with E-state index in [9.17, 15) is 5.11 Å². The Labute approximate surface area is 116 Å². The Bertz CT molecular complexity index is 402. The number of rotatable bonds is 7. The minimum Gasteiger partial charge on any atom is -0.388 e. The summed E-state index contributed by atoms with van der Waals surface area (Å²) in [5.74, 6) is 2.18. The SMILES string of the molecule is CCc1cc(NCC(C)(O)CCC(C)C)nc(C)n1. The fourth-order valence-corrected chi connectivity index (χ4v) is 1.87. The number of aliphatic hydroxyl groups is 1. The molecule has 2 N–H and O–H groups in total. The van der Waals surface area contributed by atoms with Gasteiger partial charge in [0, 0.05) is 18.3 Å². The van der Waals surface area contributed by atoms with Crippen molar-refractivity contribution in [3.05, 3.63) is 17.6 Å². The van der Waals surface area contributed by atoms with E-state index in [0.717, 1.165) is 36.6 Å². The van der Waals surface area contributed by atoms with E-state index in [1.54, 1.807) is 0 Å². The van der Waals surface area contributed by atoms with Crippen LogP contribution < -0.4 is 5.32 Å². The molecule has 0 aliphatic heterocycles. The second kappa shape index (κ2) is 6.85. The van der Waals surface area contributed by atoms with Gasteiger partial charge in [-0.25, -0.2) is 9.97 Å². The molecule has 0 aromatic carbocycles. The first-order valence-electron chi connectivity index (χ1n) is 7.13. The fourth-order valence-electron chi connectivity index (χ4n) is 1.87. The van der Waals surface area contributed by atoms with Gasteiger partial charge in [0.25, 0.3) is 0 Å². The molecule has 4 heteroatoms. The lowest BCUT2D eigenvalue weighted by Crippen LogP contribution is -2.34. The van der Waals surface area contributed by atoms with Crippen molar-refractivity contribution in [2.24, 2.45) is 5.92 Å². The number of hydrogen-bond donors (Lipinski definition) is 2. The first kappa shape index (κ1) is 15.9. The van der Waals surface area contributed by atoms with Crippen LogP contribution in [0.15, 0.2) is 6.07 Å². The minimum atomic E-state index is -0.699. The van der Waals surface area contributed by atoms with E-state index >= 15 is 0 Å². The van der Waals surface area contributed by atoms with Gasteiger partial charge in [0.15, 0.2) is 0 Å². The fraction of sp³-hybridized carbons (Fsp3) is 0.733. The third-order valence-electron chi connectivity index (χ3n) is 3.16. The number of nitrogens with zero attached hydrogens (tertiary/aromatic N) is 2. The maximum Gasteiger partial charge on any atom is 0.130 e. The summed E-state index contributed by atoms with van der Waals surface area (Å²) in [5, 5.41) is 13.5. The Balaban J connectivity index is 2.58. The zero-order valence-corrected chi connectivity index (χ0v) is 12.8. The third-order valence-corrected chi connectivity index (χ3v) is 3.16. The van der Waals surface area contributed by atoms with Gasteiger partial charge in [-0.05, 0) is 39.0 Å². The molecule has 19 heavy (non-hydrogen) atoms. The molecule has 1 aromatic heterocycles. The van der Waals surface area contributed by atoms with Gasteiger partial charge >= 0.3 is 0 Å². The van der Waals surface area contributed by atoms with Crippen LogP contribution in [-0.2, 0) is 6.42 Å². The van der Waals surface area contributed by atoms with Crippen LogP contribution in [0.2, 0.25) is 0 Å². The van der Waals surface area contributed by atoms with E-state index < -0.39 is 5.60 Å². The van der Waals surface area contributed by atoms with E-state index in [-0.39, 0.29) is 0 Å². The second-order valence-corrected chi connectivity index (χ2v) is 5.93. The van der Waals surface area contributed by atoms with Crippen LogP contribution in [0.25, 0.3) is 0 Å². The lowest BCUT2D eigenvalue weighted by Gasteiger charge is -2.25. The summed E-state index contributed by atoms with van der Waals surface area (Å²) < 4.78 is 0. The predicted octanol–water partition coefficient (Wildman–Crippen LogP) is 2.95. The molecule has 0 aliphatic carbocycles. The van der Waals surface area contributed by atoms with Gasteiger partial charge in [-0.15, -0.1) is 0 Å². The molecule has 0 amide bonds. The topological polar surface area (TPSA) is 58.0 Å². The zero-order chi connectivity index (χ0) is 14.5. The van der Waals surface area contributed by atoms with Crippen LogP contribution in [0, 0.1) is 12.8 Å². The van der Waals surface area contributed by atoms with Gasteiger partial charge in [-0.3, -0.25) is 0 Å². The molecule has 0 saturated carbocycles. The highest BCUT2D eigenvalue weighted by Gasteiger charge is 2.20. The maximum atomic E-state index is 10.3. The molecule has 0 bridgehead atoms. The zero-order valence-electron chi connectivity index (χ0n) is 12.8. The van der Waals surface area contributed by atoms with Crippen molar-refractivity contribution >= 4 is 5.82 Å². The summed E-state index contributed by atoms with van der Waals surface area (Å²) in [6.07, 6.45) is 2.71. The first-order valence-corrected chi connectivity index (χ1v) is 7.13. The summed E-state index contributed by atoms with van der Waals surface area (Å²) in [6.45, 7) is 10.7. The summed E-state index contributed by atoms with van der Waals surface area (Å²) in [5.41, 5.74) is 0.326. The first-order chi connectivity index (χ1) is 8.82. The normalized spacial score (nSPS) is 14.5. The monoisotopic (exact) mass is 265 g/mol. The van der Waals surface area contributed by atoms with Crippen molar-refractivity contribution in [3.63, 3.8) is 0 Å². The highest BCUT2D eigenvalue weighted by molar-refractivity contribution is 5.36. The molecule has 0 saturated heterocycles. The average Bonchev–Trinajstić information content (AvgIpc) is 2.34. The Morgan fingerprint density at radius 1 is 1.37 bits per heavy atom. The molecule has 1 atom stereocenters. The Morgan fingerprint density at radius 3 is 2.63 bits per heavy atom. The predicted molar refractivity (Wildman–Crippen MR) is 79.3 cm³/mol. The molecule has 1 unspecified atom stereocenters. The van der Waals surface area contributed by atoms with E-state index in [0.29, 0.717) is 12.5 Å². The van der Waals surface area contributed by atoms with Gasteiger partial charge in [0.2, 0.25) is 0 Å². The van der Waals surface area contributed by atoms with Crippen molar-refractivity contribution in [1.29, 1.82) is 0 Å². The largest absolute Gasteiger partial charge is 0.388 e. The number of aromatic nitrogens is 2. The number of nitrogens with one attached hydrogen (secondary N) is 1. The highest BCUT2D eigenvalue weighted by atomic mass is 16.3. The van der Waals surface area contributed by atoms with Gasteiger partial charge < -0.3 is 10.4 Å². The van der Waals surface area contributed by atoms with Crippen molar-refractivity contribution < 1.29 is 5.11 Å². The number of aryl methyl sites for hydroxylation is 2. The summed E-state index contributed by atoms with van der Waals surface area (Å²) in [6, 6.07) is 1.95. The molecular formula is C15H27N3O. The van der Waals surface area contributed by atoms with E-state index in [1.807, 2.05) is 19.9 Å². The van der Waals surface area contributed by atoms with E-state index in [1.165, 1.54) is 0 Å². The van der Waals surface area contributed by atoms with Gasteiger partial charge in [-0.1, -0.05) is 20.8 Å². The minimum absolute atomic E-state index is 0.513. The second-order valence-electron chi connectivity index (χ2n) is 5.93. The molecule has 4 nitrogen and oxygen atoms in total. The highest BCUT2D eigenvalue weighted by Crippen LogP contribution is 2.17. The number of hydrogen-bond acceptors (Lipinski definition) is 4. The maximum absolute atomic E-state index is 10.3. The third kappa shape index (κ3) is 6.01. The smallest absolute Gasteiger partial charge is 0.130 e. The van der Waals surface area contributed by atoms with Crippen molar-refractivity contribution in [2.75, 3.05) is 11.9 Å². The molecule has 1 heterocycles. The van der Waals surface area contributed by atoms with Crippen LogP contribution in [0.3, 0.4) is 0 Å². The van der Waals surface area contributed by atoms with Crippen LogP contribution in [0.5, 0.6) is 0 Å². The molecule has 0 spiro atoms. The van der Waals surface area contributed by atoms with Crippen LogP contribution >= 0.6 is 0 Å². The Hall–Kier alpha value is -1.16. The lowest BCUT2D eigenvalue weighted by atomic mass is 9.95. The summed E-state index contributed by atoms with van der Waals surface area (Å²) >= 11 is 0. The van der Waals surface area contributed by atoms with E-state index in [4.69, 9.17) is 0 Å². The molecular weight excluding hydrogens is 238 g/mol. The van der Waals surface area contributed by atoms with Crippen LogP contribution in [0.1, 0.15) is 52.1 Å². The molecule has 1 aromatic rings. The number of anilines is 1. The standard InChI is InChI=1S/C15H27N3O/c1-6-13-9-14(18-12(4)17-13)16-10-15(5,19)8-7-11(2)3/h9,11,19H,6-8,10H2,1-5H3,(H,16,17,18). The molecule has 0 aliphatic rings. The van der Waals surface area contributed by atoms with Crippen LogP contribution in [0.4, 0.5) is 5.82 Å². The van der Waals surface area contributed by atoms with Crippen LogP contribution in [-0.4, -0.2) is 27.2 Å². The molecule has 1 rings (SSSR count). The molecule has 0 fully saturated rings. The summed E-state index contributed by atoms with van der Waals surface area (Å²) in [7, 11) is 0. The Morgan fingerprint density at radius 2 is 2.05 bits per heavy atom. The van der Waals surface area contributed by atoms with Crippen molar-refractivity contribution in [3.8, 4) is 0 Å². The van der Waals surface area contributed by atoms with Crippen molar-refractivity contribution in [1.82, 2.24) is 9.97 Å². The van der Waals surface area contributed by atoms with Gasteiger partial charge in [0.1, 0.15) is 11.6 Å². The summed E-state index contributed by atoms with van der Waals surface area (Å²) in [4.78, 5) is 8.69. The Kier molecular flexibility index (Phi) is 5.73. The molecule has 0 radical (unpaired) electrons. The van der Waals surface area contributed by atoms with Gasteiger partial charge in [-0.2, -0.15) is 0 Å². The molecule has 108 valence electrons.